The minimum atomic E-state index is 0.619. The first-order valence-corrected chi connectivity index (χ1v) is 6.43. The maximum absolute atomic E-state index is 3.67. The van der Waals surface area contributed by atoms with Crippen LogP contribution in [0.25, 0.3) is 0 Å². The molecule has 0 amide bonds. The van der Waals surface area contributed by atoms with Gasteiger partial charge in [-0.1, -0.05) is 33.6 Å². The largest absolute Gasteiger partial charge is 0.311 e. The first kappa shape index (κ1) is 13.5. The molecule has 92 valence electrons. The van der Waals surface area contributed by atoms with E-state index in [2.05, 4.69) is 49.8 Å². The Morgan fingerprint density at radius 2 is 1.94 bits per heavy atom. The summed E-state index contributed by atoms with van der Waals surface area (Å²) in [6.45, 7) is 14.3. The Kier molecular flexibility index (Phi) is 5.31. The number of piperazine rings is 1. The summed E-state index contributed by atoms with van der Waals surface area (Å²) in [5.74, 6) is 7.61. The Morgan fingerprint density at radius 3 is 2.44 bits per heavy atom. The molecule has 0 radical (unpaired) electrons. The minimum absolute atomic E-state index is 0.619. The molecule has 2 unspecified atom stereocenters. The van der Waals surface area contributed by atoms with Crippen LogP contribution in [0.1, 0.15) is 34.6 Å². The smallest absolute Gasteiger partial charge is 0.0604 e. The van der Waals surface area contributed by atoms with Crippen LogP contribution in [0.4, 0.5) is 0 Å². The molecule has 0 aliphatic carbocycles. The summed E-state index contributed by atoms with van der Waals surface area (Å²) in [5.41, 5.74) is 0. The molecule has 0 bridgehead atoms. The van der Waals surface area contributed by atoms with Gasteiger partial charge in [0.2, 0.25) is 0 Å². The summed E-state index contributed by atoms with van der Waals surface area (Å²) in [5, 5.41) is 3.67. The summed E-state index contributed by atoms with van der Waals surface area (Å²) in [6.07, 6.45) is 0. The summed E-state index contributed by atoms with van der Waals surface area (Å²) >= 11 is 0. The van der Waals surface area contributed by atoms with Crippen molar-refractivity contribution >= 4 is 0 Å². The van der Waals surface area contributed by atoms with Gasteiger partial charge in [0.15, 0.2) is 0 Å². The SMILES string of the molecule is CC#CCN1CC(C(C)C)NCC1C(C)C. The maximum atomic E-state index is 3.67. The monoisotopic (exact) mass is 222 g/mol. The topological polar surface area (TPSA) is 15.3 Å². The first-order valence-electron chi connectivity index (χ1n) is 6.43. The summed E-state index contributed by atoms with van der Waals surface area (Å²) in [4.78, 5) is 2.54. The van der Waals surface area contributed by atoms with Gasteiger partial charge in [-0.3, -0.25) is 4.90 Å². The van der Waals surface area contributed by atoms with Gasteiger partial charge < -0.3 is 5.32 Å². The second kappa shape index (κ2) is 6.27. The van der Waals surface area contributed by atoms with Crippen molar-refractivity contribution in [1.82, 2.24) is 10.2 Å². The fraction of sp³-hybridized carbons (Fsp3) is 0.857. The lowest BCUT2D eigenvalue weighted by atomic mass is 9.94. The molecule has 1 fully saturated rings. The molecule has 0 aromatic heterocycles. The lowest BCUT2D eigenvalue weighted by Crippen LogP contribution is -2.59. The van der Waals surface area contributed by atoms with Crippen molar-refractivity contribution in [3.8, 4) is 11.8 Å². The second-order valence-corrected chi connectivity index (χ2v) is 5.43. The fourth-order valence-corrected chi connectivity index (χ4v) is 2.32. The van der Waals surface area contributed by atoms with Gasteiger partial charge in [0.05, 0.1) is 6.54 Å². The van der Waals surface area contributed by atoms with E-state index >= 15 is 0 Å². The number of rotatable bonds is 3. The van der Waals surface area contributed by atoms with E-state index in [1.54, 1.807) is 0 Å². The molecular weight excluding hydrogens is 196 g/mol. The third-order valence-corrected chi connectivity index (χ3v) is 3.52. The molecule has 0 aromatic carbocycles. The quantitative estimate of drug-likeness (QED) is 0.734. The van der Waals surface area contributed by atoms with E-state index < -0.39 is 0 Å². The molecule has 0 spiro atoms. The molecule has 1 heterocycles. The molecule has 1 rings (SSSR count). The maximum Gasteiger partial charge on any atom is 0.0604 e. The zero-order chi connectivity index (χ0) is 12.1. The van der Waals surface area contributed by atoms with E-state index in [0.717, 1.165) is 19.6 Å². The molecular formula is C14H26N2. The highest BCUT2D eigenvalue weighted by molar-refractivity contribution is 5.01. The second-order valence-electron chi connectivity index (χ2n) is 5.43. The standard InChI is InChI=1S/C14H26N2/c1-6-7-8-16-10-13(11(2)3)15-9-14(16)12(4)5/h11-15H,8-10H2,1-5H3. The van der Waals surface area contributed by atoms with Crippen LogP contribution in [0, 0.1) is 23.7 Å². The third-order valence-electron chi connectivity index (χ3n) is 3.52. The van der Waals surface area contributed by atoms with E-state index in [9.17, 15) is 0 Å². The molecule has 1 saturated heterocycles. The van der Waals surface area contributed by atoms with Crippen LogP contribution in [0.5, 0.6) is 0 Å². The van der Waals surface area contributed by atoms with Crippen molar-refractivity contribution in [3.05, 3.63) is 0 Å². The van der Waals surface area contributed by atoms with Gasteiger partial charge in [-0.15, -0.1) is 5.92 Å². The van der Waals surface area contributed by atoms with Crippen LogP contribution in [-0.4, -0.2) is 36.6 Å². The van der Waals surface area contributed by atoms with Crippen molar-refractivity contribution in [3.63, 3.8) is 0 Å². The predicted molar refractivity (Wildman–Crippen MR) is 70.3 cm³/mol. The third kappa shape index (κ3) is 3.50. The van der Waals surface area contributed by atoms with Gasteiger partial charge in [-0.2, -0.15) is 0 Å². The van der Waals surface area contributed by atoms with Gasteiger partial charge in [0.1, 0.15) is 0 Å². The number of nitrogens with one attached hydrogen (secondary N) is 1. The highest BCUT2D eigenvalue weighted by Crippen LogP contribution is 2.17. The van der Waals surface area contributed by atoms with E-state index in [4.69, 9.17) is 0 Å². The molecule has 1 aliphatic heterocycles. The van der Waals surface area contributed by atoms with E-state index in [0.29, 0.717) is 23.9 Å². The average molecular weight is 222 g/mol. The highest BCUT2D eigenvalue weighted by Gasteiger charge is 2.30. The van der Waals surface area contributed by atoms with Gasteiger partial charge in [0.25, 0.3) is 0 Å². The van der Waals surface area contributed by atoms with Gasteiger partial charge in [0, 0.05) is 25.2 Å². The summed E-state index contributed by atoms with van der Waals surface area (Å²) in [7, 11) is 0. The highest BCUT2D eigenvalue weighted by atomic mass is 15.2. The van der Waals surface area contributed by atoms with Crippen molar-refractivity contribution < 1.29 is 0 Å². The lowest BCUT2D eigenvalue weighted by molar-refractivity contribution is 0.0989. The van der Waals surface area contributed by atoms with Gasteiger partial charge in [-0.25, -0.2) is 0 Å². The molecule has 2 nitrogen and oxygen atoms in total. The predicted octanol–water partition coefficient (Wildman–Crippen LogP) is 1.96. The van der Waals surface area contributed by atoms with E-state index in [1.807, 2.05) is 6.92 Å². The fourth-order valence-electron chi connectivity index (χ4n) is 2.32. The molecule has 0 saturated carbocycles. The summed E-state index contributed by atoms with van der Waals surface area (Å²) < 4.78 is 0. The van der Waals surface area contributed by atoms with Crippen molar-refractivity contribution in [1.29, 1.82) is 0 Å². The molecule has 1 N–H and O–H groups in total. The van der Waals surface area contributed by atoms with Crippen molar-refractivity contribution in [2.45, 2.75) is 46.7 Å². The molecule has 2 heteroatoms. The number of nitrogens with zero attached hydrogens (tertiary/aromatic N) is 1. The Morgan fingerprint density at radius 1 is 1.25 bits per heavy atom. The Labute approximate surface area is 101 Å². The van der Waals surface area contributed by atoms with Crippen molar-refractivity contribution in [2.75, 3.05) is 19.6 Å². The normalized spacial score (nSPS) is 26.9. The Bertz CT molecular complexity index is 260. The number of hydrogen-bond acceptors (Lipinski definition) is 2. The van der Waals surface area contributed by atoms with E-state index in [-0.39, 0.29) is 0 Å². The van der Waals surface area contributed by atoms with Crippen LogP contribution in [0.3, 0.4) is 0 Å². The van der Waals surface area contributed by atoms with Crippen LogP contribution < -0.4 is 5.32 Å². The Balaban J connectivity index is 2.64. The van der Waals surface area contributed by atoms with Gasteiger partial charge >= 0.3 is 0 Å². The van der Waals surface area contributed by atoms with Crippen LogP contribution in [0.15, 0.2) is 0 Å². The van der Waals surface area contributed by atoms with E-state index in [1.165, 1.54) is 0 Å². The average Bonchev–Trinajstić information content (AvgIpc) is 2.25. The minimum Gasteiger partial charge on any atom is -0.311 e. The number of hydrogen-bond donors (Lipinski definition) is 1. The zero-order valence-corrected chi connectivity index (χ0v) is 11.4. The molecule has 1 aliphatic rings. The summed E-state index contributed by atoms with van der Waals surface area (Å²) in [6, 6.07) is 1.25. The Hall–Kier alpha value is -0.520. The lowest BCUT2D eigenvalue weighted by Gasteiger charge is -2.42. The molecule has 16 heavy (non-hydrogen) atoms. The van der Waals surface area contributed by atoms with Crippen molar-refractivity contribution in [2.24, 2.45) is 11.8 Å². The van der Waals surface area contributed by atoms with Crippen LogP contribution in [-0.2, 0) is 0 Å². The molecule has 2 atom stereocenters. The van der Waals surface area contributed by atoms with Crippen LogP contribution in [0.2, 0.25) is 0 Å². The van der Waals surface area contributed by atoms with Crippen LogP contribution >= 0.6 is 0 Å². The van der Waals surface area contributed by atoms with Gasteiger partial charge in [-0.05, 0) is 18.8 Å². The first-order chi connectivity index (χ1) is 7.56. The molecule has 0 aromatic rings. The zero-order valence-electron chi connectivity index (χ0n) is 11.4.